The molecule has 0 radical (unpaired) electrons. The van der Waals surface area contributed by atoms with E-state index in [0.29, 0.717) is 12.5 Å². The van der Waals surface area contributed by atoms with Gasteiger partial charge in [-0.25, -0.2) is 8.78 Å². The van der Waals surface area contributed by atoms with Gasteiger partial charge in [0.25, 0.3) is 0 Å². The molecule has 0 saturated carbocycles. The summed E-state index contributed by atoms with van der Waals surface area (Å²) in [5, 5.41) is 0. The molecule has 0 spiro atoms. The Bertz CT molecular complexity index is 622. The van der Waals surface area contributed by atoms with Crippen LogP contribution < -0.4 is 10.6 Å². The largest absolute Gasteiger partial charge is 0.366 e. The minimum Gasteiger partial charge on any atom is -0.366 e. The standard InChI is InChI=1S/C17H18F2N2/c18-15-5-3-6-16(19)14(15)11-21-10-12(8-9-20)13-4-1-2-7-17(13)21/h1-7,12H,8-11,20H2. The average Bonchev–Trinajstić information content (AvgIpc) is 2.82. The normalized spacial score (nSPS) is 17.1. The Labute approximate surface area is 123 Å². The minimum absolute atomic E-state index is 0.126. The molecule has 1 heterocycles. The lowest BCUT2D eigenvalue weighted by atomic mass is 9.98. The van der Waals surface area contributed by atoms with Gasteiger partial charge in [0.15, 0.2) is 0 Å². The molecule has 4 heteroatoms. The van der Waals surface area contributed by atoms with Gasteiger partial charge in [0.1, 0.15) is 11.6 Å². The molecule has 3 rings (SSSR count). The second-order valence-electron chi connectivity index (χ2n) is 5.41. The van der Waals surface area contributed by atoms with Crippen molar-refractivity contribution >= 4 is 5.69 Å². The van der Waals surface area contributed by atoms with Crippen LogP contribution in [-0.2, 0) is 6.54 Å². The lowest BCUT2D eigenvalue weighted by Gasteiger charge is -2.20. The summed E-state index contributed by atoms with van der Waals surface area (Å²) in [7, 11) is 0. The number of anilines is 1. The van der Waals surface area contributed by atoms with Crippen molar-refractivity contribution in [1.29, 1.82) is 0 Å². The molecule has 2 aromatic carbocycles. The average molecular weight is 288 g/mol. The number of nitrogens with two attached hydrogens (primary N) is 1. The highest BCUT2D eigenvalue weighted by Crippen LogP contribution is 2.38. The van der Waals surface area contributed by atoms with Crippen LogP contribution in [-0.4, -0.2) is 13.1 Å². The molecule has 2 aromatic rings. The van der Waals surface area contributed by atoms with E-state index in [4.69, 9.17) is 5.73 Å². The van der Waals surface area contributed by atoms with E-state index in [1.54, 1.807) is 0 Å². The fourth-order valence-corrected chi connectivity index (χ4v) is 3.06. The third-order valence-electron chi connectivity index (χ3n) is 4.08. The Morgan fingerprint density at radius 3 is 2.48 bits per heavy atom. The highest BCUT2D eigenvalue weighted by Gasteiger charge is 2.28. The molecule has 21 heavy (non-hydrogen) atoms. The van der Waals surface area contributed by atoms with Gasteiger partial charge >= 0.3 is 0 Å². The van der Waals surface area contributed by atoms with E-state index < -0.39 is 11.6 Å². The molecule has 0 fully saturated rings. The number of halogens is 2. The van der Waals surface area contributed by atoms with Crippen LogP contribution in [0.5, 0.6) is 0 Å². The Kier molecular flexibility index (Phi) is 3.88. The highest BCUT2D eigenvalue weighted by atomic mass is 19.1. The van der Waals surface area contributed by atoms with Gasteiger partial charge in [0.05, 0.1) is 0 Å². The third kappa shape index (κ3) is 2.63. The number of hydrogen-bond acceptors (Lipinski definition) is 2. The number of hydrogen-bond donors (Lipinski definition) is 1. The van der Waals surface area contributed by atoms with Gasteiger partial charge in [0, 0.05) is 30.3 Å². The third-order valence-corrected chi connectivity index (χ3v) is 4.08. The maximum absolute atomic E-state index is 13.8. The van der Waals surface area contributed by atoms with Crippen LogP contribution in [0.3, 0.4) is 0 Å². The first-order valence-corrected chi connectivity index (χ1v) is 7.17. The molecule has 2 N–H and O–H groups in total. The fourth-order valence-electron chi connectivity index (χ4n) is 3.06. The van der Waals surface area contributed by atoms with E-state index in [9.17, 15) is 8.78 Å². The molecule has 2 nitrogen and oxygen atoms in total. The van der Waals surface area contributed by atoms with Crippen LogP contribution in [0.25, 0.3) is 0 Å². The van der Waals surface area contributed by atoms with Crippen molar-refractivity contribution in [2.75, 3.05) is 18.0 Å². The fraction of sp³-hybridized carbons (Fsp3) is 0.294. The topological polar surface area (TPSA) is 29.3 Å². The summed E-state index contributed by atoms with van der Waals surface area (Å²) in [6.45, 7) is 1.61. The molecule has 0 aromatic heterocycles. The number of benzene rings is 2. The zero-order chi connectivity index (χ0) is 14.8. The monoisotopic (exact) mass is 288 g/mol. The Balaban J connectivity index is 1.90. The predicted octanol–water partition coefficient (Wildman–Crippen LogP) is 3.42. The SMILES string of the molecule is NCCC1CN(Cc2c(F)cccc2F)c2ccccc21. The number of nitrogens with zero attached hydrogens (tertiary/aromatic N) is 1. The Morgan fingerprint density at radius 2 is 1.76 bits per heavy atom. The van der Waals surface area contributed by atoms with Gasteiger partial charge in [-0.3, -0.25) is 0 Å². The second-order valence-corrected chi connectivity index (χ2v) is 5.41. The van der Waals surface area contributed by atoms with E-state index >= 15 is 0 Å². The molecule has 1 atom stereocenters. The van der Waals surface area contributed by atoms with E-state index in [2.05, 4.69) is 6.07 Å². The van der Waals surface area contributed by atoms with Gasteiger partial charge in [-0.2, -0.15) is 0 Å². The van der Waals surface area contributed by atoms with Crippen molar-refractivity contribution in [3.63, 3.8) is 0 Å². The van der Waals surface area contributed by atoms with Crippen LogP contribution in [0.15, 0.2) is 42.5 Å². The molecule has 1 unspecified atom stereocenters. The lowest BCUT2D eigenvalue weighted by molar-refractivity contribution is 0.547. The molecule has 1 aliphatic rings. The zero-order valence-corrected chi connectivity index (χ0v) is 11.7. The number of para-hydroxylation sites is 1. The summed E-state index contributed by atoms with van der Waals surface area (Å²) in [5.74, 6) is -0.648. The lowest BCUT2D eigenvalue weighted by Crippen LogP contribution is -2.23. The molecular weight excluding hydrogens is 270 g/mol. The summed E-state index contributed by atoms with van der Waals surface area (Å²) in [6.07, 6.45) is 0.882. The van der Waals surface area contributed by atoms with E-state index in [1.807, 2.05) is 23.1 Å². The van der Waals surface area contributed by atoms with Crippen molar-refractivity contribution < 1.29 is 8.78 Å². The van der Waals surface area contributed by atoms with Gasteiger partial charge in [0.2, 0.25) is 0 Å². The highest BCUT2D eigenvalue weighted by molar-refractivity contribution is 5.60. The quantitative estimate of drug-likeness (QED) is 0.934. The second kappa shape index (κ2) is 5.82. The van der Waals surface area contributed by atoms with Crippen LogP contribution >= 0.6 is 0 Å². The van der Waals surface area contributed by atoms with Crippen LogP contribution in [0.1, 0.15) is 23.5 Å². The summed E-state index contributed by atoms with van der Waals surface area (Å²) in [4.78, 5) is 2.04. The Hall–Kier alpha value is -1.94. The van der Waals surface area contributed by atoms with Crippen LogP contribution in [0.2, 0.25) is 0 Å². The van der Waals surface area contributed by atoms with Crippen molar-refractivity contribution in [2.24, 2.45) is 5.73 Å². The molecule has 110 valence electrons. The van der Waals surface area contributed by atoms with E-state index in [1.165, 1.54) is 23.8 Å². The van der Waals surface area contributed by atoms with Crippen molar-refractivity contribution in [3.8, 4) is 0 Å². The van der Waals surface area contributed by atoms with Crippen LogP contribution in [0, 0.1) is 11.6 Å². The molecule has 0 bridgehead atoms. The molecule has 1 aliphatic heterocycles. The minimum atomic E-state index is -0.491. The summed E-state index contributed by atoms with van der Waals surface area (Å²) in [6, 6.07) is 12.0. The van der Waals surface area contributed by atoms with Crippen molar-refractivity contribution in [3.05, 3.63) is 65.2 Å². The molecule has 0 amide bonds. The maximum atomic E-state index is 13.8. The van der Waals surface area contributed by atoms with E-state index in [0.717, 1.165) is 18.7 Å². The predicted molar refractivity (Wildman–Crippen MR) is 80.3 cm³/mol. The van der Waals surface area contributed by atoms with E-state index in [-0.39, 0.29) is 12.1 Å². The zero-order valence-electron chi connectivity index (χ0n) is 11.7. The summed E-state index contributed by atoms with van der Waals surface area (Å²) in [5.41, 5.74) is 8.08. The first-order chi connectivity index (χ1) is 10.2. The van der Waals surface area contributed by atoms with Gasteiger partial charge in [-0.05, 0) is 36.7 Å². The number of rotatable bonds is 4. The molecule has 0 aliphatic carbocycles. The molecule has 0 saturated heterocycles. The first kappa shape index (κ1) is 14.0. The van der Waals surface area contributed by atoms with Gasteiger partial charge < -0.3 is 10.6 Å². The summed E-state index contributed by atoms with van der Waals surface area (Å²) < 4.78 is 27.7. The van der Waals surface area contributed by atoms with Gasteiger partial charge in [-0.15, -0.1) is 0 Å². The van der Waals surface area contributed by atoms with Crippen LogP contribution in [0.4, 0.5) is 14.5 Å². The Morgan fingerprint density at radius 1 is 1.05 bits per heavy atom. The number of fused-ring (bicyclic) bond motifs is 1. The van der Waals surface area contributed by atoms with Crippen molar-refractivity contribution in [1.82, 2.24) is 0 Å². The van der Waals surface area contributed by atoms with Crippen molar-refractivity contribution in [2.45, 2.75) is 18.9 Å². The first-order valence-electron chi connectivity index (χ1n) is 7.17. The maximum Gasteiger partial charge on any atom is 0.131 e. The smallest absolute Gasteiger partial charge is 0.131 e. The molecular formula is C17H18F2N2. The van der Waals surface area contributed by atoms with Gasteiger partial charge in [-0.1, -0.05) is 24.3 Å². The summed E-state index contributed by atoms with van der Waals surface area (Å²) >= 11 is 0.